The van der Waals surface area contributed by atoms with Crippen LogP contribution in [0.3, 0.4) is 0 Å². The van der Waals surface area contributed by atoms with Gasteiger partial charge in [0.1, 0.15) is 52.1 Å². The van der Waals surface area contributed by atoms with Gasteiger partial charge in [0, 0.05) is 10.5 Å². The van der Waals surface area contributed by atoms with E-state index in [0.29, 0.717) is 14.9 Å². The highest BCUT2D eigenvalue weighted by atomic mass is 35.5. The van der Waals surface area contributed by atoms with Gasteiger partial charge in [0.2, 0.25) is 0 Å². The van der Waals surface area contributed by atoms with Crippen LogP contribution in [0.15, 0.2) is 41.4 Å². The molecule has 1 aromatic heterocycles. The number of rotatable bonds is 5. The lowest BCUT2D eigenvalue weighted by atomic mass is 9.97. The number of benzene rings is 2. The molecule has 2 heterocycles. The smallest absolute Gasteiger partial charge is 0.145 e. The van der Waals surface area contributed by atoms with E-state index in [9.17, 15) is 24.1 Å². The molecular weight excluding hydrogens is 523 g/mol. The van der Waals surface area contributed by atoms with Gasteiger partial charge in [-0.25, -0.2) is 13.5 Å². The Balaban J connectivity index is 1.63. The van der Waals surface area contributed by atoms with Crippen LogP contribution in [0.4, 0.5) is 8.78 Å². The van der Waals surface area contributed by atoms with Crippen LogP contribution in [-0.4, -0.2) is 60.7 Å². The van der Waals surface area contributed by atoms with Crippen molar-refractivity contribution in [3.05, 3.63) is 63.2 Å². The lowest BCUT2D eigenvalue weighted by Crippen LogP contribution is -2.55. The minimum absolute atomic E-state index is 0.0668. The van der Waals surface area contributed by atoms with Crippen molar-refractivity contribution in [2.45, 2.75) is 34.7 Å². The van der Waals surface area contributed by atoms with Crippen molar-refractivity contribution in [2.75, 3.05) is 6.61 Å². The Labute approximate surface area is 205 Å². The zero-order chi connectivity index (χ0) is 23.9. The lowest BCUT2D eigenvalue weighted by Gasteiger charge is -2.41. The molecule has 0 amide bonds. The van der Waals surface area contributed by atoms with Crippen LogP contribution in [0.1, 0.15) is 6.04 Å². The zero-order valence-corrected chi connectivity index (χ0v) is 19.5. The Kier molecular flexibility index (Phi) is 7.47. The first-order chi connectivity index (χ1) is 15.7. The van der Waals surface area contributed by atoms with Crippen LogP contribution >= 0.6 is 46.6 Å². The molecule has 0 unspecified atom stereocenters. The highest BCUT2D eigenvalue weighted by molar-refractivity contribution is 7.99. The van der Waals surface area contributed by atoms with Crippen LogP contribution in [0.2, 0.25) is 15.1 Å². The highest BCUT2D eigenvalue weighted by Gasteiger charge is 2.46. The zero-order valence-electron chi connectivity index (χ0n) is 16.4. The molecule has 3 N–H and O–H groups in total. The summed E-state index contributed by atoms with van der Waals surface area (Å²) in [7, 11) is 0. The average molecular weight is 539 g/mol. The third-order valence-electron chi connectivity index (χ3n) is 5.09. The Hall–Kier alpha value is -1.50. The lowest BCUT2D eigenvalue weighted by molar-refractivity contribution is -0.178. The van der Waals surface area contributed by atoms with Crippen LogP contribution < -0.4 is 0 Å². The van der Waals surface area contributed by atoms with E-state index in [2.05, 4.69) is 10.3 Å². The number of aromatic nitrogens is 3. The van der Waals surface area contributed by atoms with Gasteiger partial charge < -0.3 is 20.1 Å². The summed E-state index contributed by atoms with van der Waals surface area (Å²) < 4.78 is 34.5. The molecule has 176 valence electrons. The van der Waals surface area contributed by atoms with E-state index in [4.69, 9.17) is 39.5 Å². The Bertz CT molecular complexity index is 1150. The van der Waals surface area contributed by atoms with Gasteiger partial charge in [0.05, 0.1) is 22.8 Å². The van der Waals surface area contributed by atoms with Crippen LogP contribution in [0.5, 0.6) is 0 Å². The minimum atomic E-state index is -1.36. The van der Waals surface area contributed by atoms with Crippen molar-refractivity contribution < 1.29 is 28.8 Å². The number of aliphatic hydroxyl groups is 3. The summed E-state index contributed by atoms with van der Waals surface area (Å²) in [6.07, 6.45) is -2.39. The average Bonchev–Trinajstić information content (AvgIpc) is 3.26. The second-order valence-corrected chi connectivity index (χ2v) is 9.59. The van der Waals surface area contributed by atoms with Gasteiger partial charge in [-0.15, -0.1) is 5.10 Å². The molecule has 13 heteroatoms. The first-order valence-corrected chi connectivity index (χ1v) is 11.5. The first-order valence-electron chi connectivity index (χ1n) is 9.50. The Morgan fingerprint density at radius 2 is 1.73 bits per heavy atom. The Morgan fingerprint density at radius 1 is 1.03 bits per heavy atom. The molecule has 3 aromatic rings. The second kappa shape index (κ2) is 10.0. The molecule has 7 nitrogen and oxygen atoms in total. The Morgan fingerprint density at radius 3 is 2.36 bits per heavy atom. The van der Waals surface area contributed by atoms with E-state index in [0.717, 1.165) is 23.9 Å². The fourth-order valence-electron chi connectivity index (χ4n) is 3.42. The van der Waals surface area contributed by atoms with Gasteiger partial charge in [-0.2, -0.15) is 0 Å². The number of nitrogens with zero attached hydrogens (tertiary/aromatic N) is 3. The quantitative estimate of drug-likeness (QED) is 0.423. The molecule has 2 aromatic carbocycles. The minimum Gasteiger partial charge on any atom is -0.394 e. The molecule has 4 rings (SSSR count). The second-order valence-electron chi connectivity index (χ2n) is 7.23. The molecule has 33 heavy (non-hydrogen) atoms. The molecule has 1 aliphatic rings. The van der Waals surface area contributed by atoms with E-state index in [1.165, 1.54) is 10.9 Å². The standard InChI is InChI=1S/C20H16Cl3F2N3O4S/c21-10-2-1-9(5-11(10)22)33-20-19(31)17(18(30)15(7-29)32-20)28-6-14(26-27-28)8-3-12(24)16(23)13(25)4-8/h1-6,15,17-20,29-31H,7H2/t15-,17+,18+,19-,20-/m1/s1. The number of ether oxygens (including phenoxy) is 1. The number of aliphatic hydroxyl groups excluding tert-OH is 3. The van der Waals surface area contributed by atoms with Gasteiger partial charge in [-0.1, -0.05) is 51.8 Å². The summed E-state index contributed by atoms with van der Waals surface area (Å²) in [6.45, 7) is -0.530. The maximum absolute atomic E-state index is 13.8. The van der Waals surface area contributed by atoms with Gasteiger partial charge in [-0.3, -0.25) is 0 Å². The van der Waals surface area contributed by atoms with Crippen molar-refractivity contribution in [1.82, 2.24) is 15.0 Å². The molecule has 1 fully saturated rings. The number of halogens is 5. The van der Waals surface area contributed by atoms with E-state index in [1.807, 2.05) is 0 Å². The molecule has 1 aliphatic heterocycles. The molecule has 0 saturated carbocycles. The molecule has 1 saturated heterocycles. The number of thioether (sulfide) groups is 1. The topological polar surface area (TPSA) is 101 Å². The summed E-state index contributed by atoms with van der Waals surface area (Å²) in [5.74, 6) is -1.93. The number of hydrogen-bond donors (Lipinski definition) is 3. The maximum atomic E-state index is 13.8. The van der Waals surface area contributed by atoms with Crippen molar-refractivity contribution in [3.8, 4) is 11.3 Å². The van der Waals surface area contributed by atoms with E-state index < -0.39 is 53.1 Å². The van der Waals surface area contributed by atoms with Crippen molar-refractivity contribution in [1.29, 1.82) is 0 Å². The summed E-state index contributed by atoms with van der Waals surface area (Å²) in [4.78, 5) is 0.631. The summed E-state index contributed by atoms with van der Waals surface area (Å²) in [5.41, 5.74) is -0.771. The largest absolute Gasteiger partial charge is 0.394 e. The monoisotopic (exact) mass is 537 g/mol. The summed E-state index contributed by atoms with van der Waals surface area (Å²) in [6, 6.07) is 5.77. The summed E-state index contributed by atoms with van der Waals surface area (Å²) in [5, 5.41) is 39.2. The summed E-state index contributed by atoms with van der Waals surface area (Å²) >= 11 is 18.6. The molecule has 0 bridgehead atoms. The van der Waals surface area contributed by atoms with Gasteiger partial charge in [0.15, 0.2) is 0 Å². The van der Waals surface area contributed by atoms with Crippen LogP contribution in [-0.2, 0) is 4.74 Å². The van der Waals surface area contributed by atoms with E-state index in [-0.39, 0.29) is 11.3 Å². The molecule has 0 spiro atoms. The van der Waals surface area contributed by atoms with E-state index in [1.54, 1.807) is 18.2 Å². The first kappa shape index (κ1) is 24.6. The van der Waals surface area contributed by atoms with Crippen LogP contribution in [0.25, 0.3) is 11.3 Å². The molecule has 0 aliphatic carbocycles. The maximum Gasteiger partial charge on any atom is 0.145 e. The third-order valence-corrected chi connectivity index (χ3v) is 7.34. The highest BCUT2D eigenvalue weighted by Crippen LogP contribution is 2.39. The SMILES string of the molecule is OC[C@H]1O[C@H](Sc2ccc(Cl)c(Cl)c2)[C@H](O)[C@@H](n2cc(-c3cc(F)c(Cl)c(F)c3)nn2)[C@H]1O. The fraction of sp³-hybridized carbons (Fsp3) is 0.300. The predicted molar refractivity (Wildman–Crippen MR) is 120 cm³/mol. The fourth-order valence-corrected chi connectivity index (χ4v) is 4.99. The third kappa shape index (κ3) is 4.98. The van der Waals surface area contributed by atoms with E-state index >= 15 is 0 Å². The molecule has 5 atom stereocenters. The molecular formula is C20H16Cl3F2N3O4S. The predicted octanol–water partition coefficient (Wildman–Crippen LogP) is 3.96. The van der Waals surface area contributed by atoms with Crippen molar-refractivity contribution >= 4 is 46.6 Å². The van der Waals surface area contributed by atoms with Crippen LogP contribution in [0, 0.1) is 11.6 Å². The number of hydrogen-bond acceptors (Lipinski definition) is 7. The molecule has 0 radical (unpaired) electrons. The van der Waals surface area contributed by atoms with Gasteiger partial charge in [-0.05, 0) is 30.3 Å². The van der Waals surface area contributed by atoms with Crippen molar-refractivity contribution in [2.24, 2.45) is 0 Å². The van der Waals surface area contributed by atoms with Gasteiger partial charge in [0.25, 0.3) is 0 Å². The van der Waals surface area contributed by atoms with Gasteiger partial charge >= 0.3 is 0 Å². The normalized spacial score (nSPS) is 25.4. The van der Waals surface area contributed by atoms with Crippen molar-refractivity contribution in [3.63, 3.8) is 0 Å².